The van der Waals surface area contributed by atoms with E-state index in [1.807, 2.05) is 57.2 Å². The highest BCUT2D eigenvalue weighted by atomic mass is 32.2. The Bertz CT molecular complexity index is 963. The summed E-state index contributed by atoms with van der Waals surface area (Å²) < 4.78 is 39.2. The van der Waals surface area contributed by atoms with Crippen LogP contribution in [0.3, 0.4) is 0 Å². The van der Waals surface area contributed by atoms with Gasteiger partial charge in [0.25, 0.3) is 0 Å². The van der Waals surface area contributed by atoms with Crippen molar-refractivity contribution in [3.05, 3.63) is 65.2 Å². The summed E-state index contributed by atoms with van der Waals surface area (Å²) in [4.78, 5) is 0.306. The number of fused-ring (bicyclic) bond motifs is 1. The van der Waals surface area contributed by atoms with E-state index in [0.29, 0.717) is 22.9 Å². The highest BCUT2D eigenvalue weighted by molar-refractivity contribution is 7.89. The minimum Gasteiger partial charge on any atom is -0.493 e. The molecule has 0 aliphatic carbocycles. The zero-order valence-electron chi connectivity index (χ0n) is 16.8. The molecular formula is C22H27NO4S. The van der Waals surface area contributed by atoms with Crippen molar-refractivity contribution in [2.24, 2.45) is 0 Å². The number of ether oxygens (including phenoxy) is 2. The molecule has 2 aromatic rings. The summed E-state index contributed by atoms with van der Waals surface area (Å²) in [5, 5.41) is 0. The van der Waals surface area contributed by atoms with E-state index in [4.69, 9.17) is 9.47 Å². The van der Waals surface area contributed by atoms with Crippen LogP contribution in [-0.4, -0.2) is 32.5 Å². The van der Waals surface area contributed by atoms with Gasteiger partial charge in [-0.25, -0.2) is 8.42 Å². The fourth-order valence-corrected chi connectivity index (χ4v) is 4.56. The molecule has 2 aromatic carbocycles. The summed E-state index contributed by atoms with van der Waals surface area (Å²) in [6, 6.07) is 10.8. The van der Waals surface area contributed by atoms with Crippen molar-refractivity contribution in [3.63, 3.8) is 0 Å². The normalized spacial score (nSPS) is 16.2. The molecule has 0 amide bonds. The second kappa shape index (κ2) is 8.37. The quantitative estimate of drug-likeness (QED) is 0.708. The van der Waals surface area contributed by atoms with Gasteiger partial charge in [-0.15, -0.1) is 0 Å². The number of nitrogens with zero attached hydrogens (tertiary/aromatic N) is 1. The molecule has 1 heterocycles. The molecular weight excluding hydrogens is 374 g/mol. The molecule has 1 aliphatic rings. The molecule has 28 heavy (non-hydrogen) atoms. The van der Waals surface area contributed by atoms with Crippen LogP contribution in [0, 0.1) is 6.92 Å². The average Bonchev–Trinajstić information content (AvgIpc) is 2.62. The molecule has 0 spiro atoms. The minimum absolute atomic E-state index is 0.00667. The number of methoxy groups -OCH3 is 1. The Labute approximate surface area is 167 Å². The highest BCUT2D eigenvalue weighted by Crippen LogP contribution is 2.34. The van der Waals surface area contributed by atoms with Crippen molar-refractivity contribution in [3.8, 4) is 11.5 Å². The molecule has 0 N–H and O–H groups in total. The van der Waals surface area contributed by atoms with Gasteiger partial charge in [0.1, 0.15) is 0 Å². The van der Waals surface area contributed by atoms with E-state index in [-0.39, 0.29) is 12.6 Å². The Morgan fingerprint density at radius 3 is 2.32 bits per heavy atom. The standard InChI is InChI=1S/C22H27NO4S/c1-16(2)27-22-14-19-15-23(12-6-5-7-18(19)13-21(22)26-4)28(24,25)20-10-8-17(3)9-11-20/h5-6,8-11,13-14,16H,7,12,15H2,1-4H3/b6-5-. The fourth-order valence-electron chi connectivity index (χ4n) is 3.19. The first kappa shape index (κ1) is 20.4. The molecule has 1 aliphatic heterocycles. The molecule has 0 fully saturated rings. The third-order valence-electron chi connectivity index (χ3n) is 4.67. The SMILES string of the molecule is COc1cc2c(cc1OC(C)C)CN(S(=O)(=O)c1ccc(C)cc1)C/C=C\C2. The van der Waals surface area contributed by atoms with Crippen LogP contribution < -0.4 is 9.47 Å². The molecule has 0 unspecified atom stereocenters. The van der Waals surface area contributed by atoms with E-state index < -0.39 is 10.0 Å². The topological polar surface area (TPSA) is 55.8 Å². The number of hydrogen-bond acceptors (Lipinski definition) is 4. The Kier molecular flexibility index (Phi) is 6.10. The van der Waals surface area contributed by atoms with Crippen molar-refractivity contribution < 1.29 is 17.9 Å². The smallest absolute Gasteiger partial charge is 0.243 e. The summed E-state index contributed by atoms with van der Waals surface area (Å²) in [6.07, 6.45) is 4.62. The number of benzene rings is 2. The number of hydrogen-bond donors (Lipinski definition) is 0. The zero-order valence-corrected chi connectivity index (χ0v) is 17.6. The molecule has 0 bridgehead atoms. The van der Waals surface area contributed by atoms with Gasteiger partial charge in [-0.1, -0.05) is 29.8 Å². The maximum Gasteiger partial charge on any atom is 0.243 e. The third kappa shape index (κ3) is 4.39. The van der Waals surface area contributed by atoms with E-state index in [2.05, 4.69) is 0 Å². The molecule has 6 heteroatoms. The number of sulfonamides is 1. The Morgan fingerprint density at radius 2 is 1.68 bits per heavy atom. The zero-order chi connectivity index (χ0) is 20.3. The van der Waals surface area contributed by atoms with Crippen molar-refractivity contribution in [1.29, 1.82) is 0 Å². The monoisotopic (exact) mass is 401 g/mol. The predicted octanol–water partition coefficient (Wildman–Crippen LogP) is 4.09. The van der Waals surface area contributed by atoms with Crippen LogP contribution in [-0.2, 0) is 23.0 Å². The van der Waals surface area contributed by atoms with E-state index in [9.17, 15) is 8.42 Å². The van der Waals surface area contributed by atoms with Gasteiger partial charge >= 0.3 is 0 Å². The molecule has 150 valence electrons. The second-order valence-corrected chi connectivity index (χ2v) is 9.16. The van der Waals surface area contributed by atoms with Crippen LogP contribution in [0.2, 0.25) is 0 Å². The van der Waals surface area contributed by atoms with E-state index >= 15 is 0 Å². The van der Waals surface area contributed by atoms with Crippen LogP contribution in [0.4, 0.5) is 0 Å². The summed E-state index contributed by atoms with van der Waals surface area (Å²) >= 11 is 0. The van der Waals surface area contributed by atoms with Gasteiger partial charge < -0.3 is 9.47 Å². The Balaban J connectivity index is 2.01. The van der Waals surface area contributed by atoms with Crippen LogP contribution in [0.25, 0.3) is 0 Å². The number of allylic oxidation sites excluding steroid dienone is 1. The van der Waals surface area contributed by atoms with Crippen molar-refractivity contribution >= 4 is 10.0 Å². The van der Waals surface area contributed by atoms with Gasteiger partial charge in [0.15, 0.2) is 11.5 Å². The lowest BCUT2D eigenvalue weighted by Crippen LogP contribution is -2.32. The molecule has 0 aromatic heterocycles. The third-order valence-corrected chi connectivity index (χ3v) is 6.49. The van der Waals surface area contributed by atoms with Gasteiger partial charge in [0.05, 0.1) is 18.1 Å². The second-order valence-electron chi connectivity index (χ2n) is 7.22. The van der Waals surface area contributed by atoms with Gasteiger partial charge in [0, 0.05) is 13.1 Å². The van der Waals surface area contributed by atoms with Crippen LogP contribution in [0.15, 0.2) is 53.4 Å². The fraction of sp³-hybridized carbons (Fsp3) is 0.364. The van der Waals surface area contributed by atoms with Crippen LogP contribution in [0.1, 0.15) is 30.5 Å². The Hall–Kier alpha value is -2.31. The van der Waals surface area contributed by atoms with Crippen LogP contribution in [0.5, 0.6) is 11.5 Å². The van der Waals surface area contributed by atoms with Crippen molar-refractivity contribution in [2.45, 2.75) is 44.7 Å². The number of aryl methyl sites for hydroxylation is 1. The highest BCUT2D eigenvalue weighted by Gasteiger charge is 2.26. The van der Waals surface area contributed by atoms with E-state index in [1.54, 1.807) is 19.2 Å². The molecule has 5 nitrogen and oxygen atoms in total. The lowest BCUT2D eigenvalue weighted by Gasteiger charge is -2.25. The summed E-state index contributed by atoms with van der Waals surface area (Å²) in [7, 11) is -1.99. The average molecular weight is 402 g/mol. The molecule has 0 radical (unpaired) electrons. The molecule has 0 saturated carbocycles. The predicted molar refractivity (Wildman–Crippen MR) is 110 cm³/mol. The first-order chi connectivity index (χ1) is 13.3. The van der Waals surface area contributed by atoms with E-state index in [0.717, 1.165) is 23.1 Å². The van der Waals surface area contributed by atoms with Gasteiger partial charge in [0.2, 0.25) is 10.0 Å². The number of rotatable bonds is 5. The molecule has 0 saturated heterocycles. The first-order valence-electron chi connectivity index (χ1n) is 9.39. The van der Waals surface area contributed by atoms with Gasteiger partial charge in [-0.3, -0.25) is 0 Å². The minimum atomic E-state index is -3.60. The van der Waals surface area contributed by atoms with Crippen molar-refractivity contribution in [1.82, 2.24) is 4.31 Å². The maximum atomic E-state index is 13.2. The van der Waals surface area contributed by atoms with E-state index in [1.165, 1.54) is 4.31 Å². The summed E-state index contributed by atoms with van der Waals surface area (Å²) in [5.74, 6) is 1.29. The van der Waals surface area contributed by atoms with Gasteiger partial charge in [-0.05, 0) is 62.6 Å². The van der Waals surface area contributed by atoms with Crippen molar-refractivity contribution in [2.75, 3.05) is 13.7 Å². The maximum absolute atomic E-state index is 13.2. The van der Waals surface area contributed by atoms with Crippen LogP contribution >= 0.6 is 0 Å². The molecule has 3 rings (SSSR count). The largest absolute Gasteiger partial charge is 0.493 e. The Morgan fingerprint density at radius 1 is 1.00 bits per heavy atom. The lowest BCUT2D eigenvalue weighted by molar-refractivity contribution is 0.229. The molecule has 0 atom stereocenters. The summed E-state index contributed by atoms with van der Waals surface area (Å²) in [6.45, 7) is 6.46. The first-order valence-corrected chi connectivity index (χ1v) is 10.8. The summed E-state index contributed by atoms with van der Waals surface area (Å²) in [5.41, 5.74) is 2.99. The van der Waals surface area contributed by atoms with Gasteiger partial charge in [-0.2, -0.15) is 4.31 Å². The lowest BCUT2D eigenvalue weighted by atomic mass is 10.0.